The Morgan fingerprint density at radius 1 is 1.20 bits per heavy atom. The molecule has 0 bridgehead atoms. The molecule has 2 heterocycles. The van der Waals surface area contributed by atoms with Crippen LogP contribution in [0.3, 0.4) is 0 Å². The molecule has 0 aliphatic heterocycles. The van der Waals surface area contributed by atoms with Gasteiger partial charge in [0.15, 0.2) is 0 Å². The Labute approximate surface area is 128 Å². The number of aryl methyl sites for hydroxylation is 1. The summed E-state index contributed by atoms with van der Waals surface area (Å²) in [6, 6.07) is 7.09. The minimum Gasteiger partial charge on any atom is -0.507 e. The molecule has 3 aromatic rings. The highest BCUT2D eigenvalue weighted by Crippen LogP contribution is 2.31. The summed E-state index contributed by atoms with van der Waals surface area (Å²) in [6.45, 7) is 1.95. The van der Waals surface area contributed by atoms with Crippen molar-refractivity contribution in [1.82, 2.24) is 15.1 Å². The Morgan fingerprint density at radius 2 is 2.05 bits per heavy atom. The number of benzene rings is 1. The lowest BCUT2D eigenvalue weighted by Crippen LogP contribution is -1.87. The zero-order valence-electron chi connectivity index (χ0n) is 10.5. The second-order valence-electron chi connectivity index (χ2n) is 4.28. The molecule has 0 atom stereocenters. The van der Waals surface area contributed by atoms with E-state index in [0.29, 0.717) is 17.3 Å². The predicted octanol–water partition coefficient (Wildman–Crippen LogP) is 3.42. The van der Waals surface area contributed by atoms with Gasteiger partial charge in [0.05, 0.1) is 5.56 Å². The van der Waals surface area contributed by atoms with Gasteiger partial charge in [-0.15, -0.1) is 0 Å². The lowest BCUT2D eigenvalue weighted by atomic mass is 10.1. The topological polar surface area (TPSA) is 72.0 Å². The molecule has 0 saturated heterocycles. The lowest BCUT2D eigenvalue weighted by Gasteiger charge is -1.99. The molecule has 0 fully saturated rings. The Hall–Kier alpha value is -1.96. The zero-order chi connectivity index (χ0) is 14.1. The molecule has 0 amide bonds. The number of aromatic nitrogens is 3. The van der Waals surface area contributed by atoms with E-state index in [4.69, 9.17) is 4.52 Å². The van der Waals surface area contributed by atoms with E-state index < -0.39 is 0 Å². The van der Waals surface area contributed by atoms with Gasteiger partial charge in [-0.05, 0) is 59.3 Å². The largest absolute Gasteiger partial charge is 0.507 e. The molecular weight excluding hydrogens is 369 g/mol. The molecule has 100 valence electrons. The molecule has 1 N–H and O–H groups in total. The molecule has 5 nitrogen and oxygen atoms in total. The number of halogens is 1. The van der Waals surface area contributed by atoms with Gasteiger partial charge < -0.3 is 9.63 Å². The minimum absolute atomic E-state index is 0.114. The van der Waals surface area contributed by atoms with E-state index >= 15 is 0 Å². The van der Waals surface area contributed by atoms with Crippen LogP contribution in [-0.2, 0) is 0 Å². The fourth-order valence-electron chi connectivity index (χ4n) is 1.82. The molecule has 0 spiro atoms. The third-order valence-corrected chi connectivity index (χ3v) is 3.57. The van der Waals surface area contributed by atoms with Crippen LogP contribution in [0, 0.1) is 10.5 Å². The molecule has 0 unspecified atom stereocenters. The Kier molecular flexibility index (Phi) is 3.39. The maximum atomic E-state index is 9.88. The first-order chi connectivity index (χ1) is 9.65. The highest BCUT2D eigenvalue weighted by Gasteiger charge is 2.15. The van der Waals surface area contributed by atoms with Crippen LogP contribution in [0.5, 0.6) is 5.75 Å². The van der Waals surface area contributed by atoms with Gasteiger partial charge in [-0.1, -0.05) is 5.16 Å². The monoisotopic (exact) mass is 379 g/mol. The van der Waals surface area contributed by atoms with Crippen LogP contribution in [0.2, 0.25) is 0 Å². The summed E-state index contributed by atoms with van der Waals surface area (Å²) in [5.74, 6) is 0.867. The van der Waals surface area contributed by atoms with Crippen molar-refractivity contribution in [2.24, 2.45) is 0 Å². The molecule has 1 aromatic carbocycles. The van der Waals surface area contributed by atoms with Crippen LogP contribution in [0.4, 0.5) is 0 Å². The molecule has 0 saturated carbocycles. The smallest absolute Gasteiger partial charge is 0.262 e. The van der Waals surface area contributed by atoms with Crippen molar-refractivity contribution in [2.75, 3.05) is 0 Å². The van der Waals surface area contributed by atoms with Crippen LogP contribution in [0.15, 0.2) is 41.2 Å². The normalized spacial score (nSPS) is 10.7. The van der Waals surface area contributed by atoms with Gasteiger partial charge in [-0.2, -0.15) is 4.98 Å². The van der Waals surface area contributed by atoms with Gasteiger partial charge in [0, 0.05) is 21.5 Å². The van der Waals surface area contributed by atoms with Gasteiger partial charge in [-0.25, -0.2) is 0 Å². The summed E-state index contributed by atoms with van der Waals surface area (Å²) in [6.07, 6.45) is 3.41. The standard InChI is InChI=1S/C14H10IN3O2/c1-8-4-5-16-7-11(8)13-17-14(20-18-13)10-6-9(15)2-3-12(10)19/h2-7,19H,1H3. The van der Waals surface area contributed by atoms with E-state index in [0.717, 1.165) is 14.7 Å². The highest BCUT2D eigenvalue weighted by molar-refractivity contribution is 14.1. The maximum absolute atomic E-state index is 9.88. The predicted molar refractivity (Wildman–Crippen MR) is 82.1 cm³/mol. The zero-order valence-corrected chi connectivity index (χ0v) is 12.7. The maximum Gasteiger partial charge on any atom is 0.262 e. The number of pyridine rings is 1. The summed E-state index contributed by atoms with van der Waals surface area (Å²) < 4.78 is 6.22. The summed E-state index contributed by atoms with van der Waals surface area (Å²) >= 11 is 2.16. The fraction of sp³-hybridized carbons (Fsp3) is 0.0714. The molecule has 0 aliphatic rings. The Bertz CT molecular complexity index is 771. The molecule has 0 radical (unpaired) electrons. The van der Waals surface area contributed by atoms with Crippen molar-refractivity contribution in [3.05, 3.63) is 45.8 Å². The summed E-state index contributed by atoms with van der Waals surface area (Å²) in [5.41, 5.74) is 2.35. The number of nitrogens with zero attached hydrogens (tertiary/aromatic N) is 3. The lowest BCUT2D eigenvalue weighted by molar-refractivity contribution is 0.425. The van der Waals surface area contributed by atoms with Crippen LogP contribution in [0.25, 0.3) is 22.8 Å². The number of phenols is 1. The number of aromatic hydroxyl groups is 1. The summed E-state index contributed by atoms with van der Waals surface area (Å²) in [5, 5.41) is 13.8. The minimum atomic E-state index is 0.114. The van der Waals surface area contributed by atoms with Crippen molar-refractivity contribution >= 4 is 22.6 Å². The van der Waals surface area contributed by atoms with Crippen LogP contribution in [0.1, 0.15) is 5.56 Å². The van der Waals surface area contributed by atoms with Crippen LogP contribution >= 0.6 is 22.6 Å². The van der Waals surface area contributed by atoms with E-state index in [9.17, 15) is 5.11 Å². The van der Waals surface area contributed by atoms with Crippen LogP contribution in [-0.4, -0.2) is 20.2 Å². The average Bonchev–Trinajstić information content (AvgIpc) is 2.91. The number of hydrogen-bond acceptors (Lipinski definition) is 5. The quantitative estimate of drug-likeness (QED) is 0.691. The third kappa shape index (κ3) is 2.38. The second kappa shape index (κ2) is 5.20. The first-order valence-corrected chi connectivity index (χ1v) is 6.96. The fourth-order valence-corrected chi connectivity index (χ4v) is 2.31. The molecule has 6 heteroatoms. The summed E-state index contributed by atoms with van der Waals surface area (Å²) in [4.78, 5) is 8.40. The number of phenolic OH excluding ortho intramolecular Hbond substituents is 1. The van der Waals surface area contributed by atoms with Crippen molar-refractivity contribution in [3.63, 3.8) is 0 Å². The summed E-state index contributed by atoms with van der Waals surface area (Å²) in [7, 11) is 0. The molecule has 20 heavy (non-hydrogen) atoms. The van der Waals surface area contributed by atoms with Crippen molar-refractivity contribution < 1.29 is 9.63 Å². The van der Waals surface area contributed by atoms with Gasteiger partial charge in [0.2, 0.25) is 5.82 Å². The van der Waals surface area contributed by atoms with E-state index in [1.807, 2.05) is 19.1 Å². The van der Waals surface area contributed by atoms with Crippen molar-refractivity contribution in [2.45, 2.75) is 6.92 Å². The van der Waals surface area contributed by atoms with E-state index in [2.05, 4.69) is 37.7 Å². The Morgan fingerprint density at radius 3 is 2.85 bits per heavy atom. The average molecular weight is 379 g/mol. The van der Waals surface area contributed by atoms with Crippen molar-refractivity contribution in [1.29, 1.82) is 0 Å². The van der Waals surface area contributed by atoms with E-state index in [-0.39, 0.29) is 5.75 Å². The van der Waals surface area contributed by atoms with Gasteiger partial charge in [-0.3, -0.25) is 4.98 Å². The van der Waals surface area contributed by atoms with Crippen molar-refractivity contribution in [3.8, 4) is 28.6 Å². The molecule has 3 rings (SSSR count). The van der Waals surface area contributed by atoms with E-state index in [1.54, 1.807) is 24.5 Å². The highest BCUT2D eigenvalue weighted by atomic mass is 127. The molecule has 0 aliphatic carbocycles. The second-order valence-corrected chi connectivity index (χ2v) is 5.52. The molecule has 2 aromatic heterocycles. The van der Waals surface area contributed by atoms with Gasteiger partial charge in [0.25, 0.3) is 5.89 Å². The van der Waals surface area contributed by atoms with Gasteiger partial charge in [0.1, 0.15) is 5.75 Å². The first kappa shape index (κ1) is 13.0. The van der Waals surface area contributed by atoms with Crippen LogP contribution < -0.4 is 0 Å². The number of hydrogen-bond donors (Lipinski definition) is 1. The van der Waals surface area contributed by atoms with Gasteiger partial charge >= 0.3 is 0 Å². The van der Waals surface area contributed by atoms with E-state index in [1.165, 1.54) is 0 Å². The Balaban J connectivity index is 2.07. The SMILES string of the molecule is Cc1ccncc1-c1noc(-c2cc(I)ccc2O)n1. The first-order valence-electron chi connectivity index (χ1n) is 5.89. The number of rotatable bonds is 2. The molecular formula is C14H10IN3O2. The third-order valence-electron chi connectivity index (χ3n) is 2.90.